The third-order valence-electron chi connectivity index (χ3n) is 4.21. The number of carbonyl (C=O) groups is 1. The summed E-state index contributed by atoms with van der Waals surface area (Å²) in [5, 5.41) is 2.93. The minimum absolute atomic E-state index is 0.0426. The van der Waals surface area contributed by atoms with Crippen LogP contribution in [0.2, 0.25) is 0 Å². The van der Waals surface area contributed by atoms with Gasteiger partial charge in [0.05, 0.1) is 40.3 Å². The summed E-state index contributed by atoms with van der Waals surface area (Å²) in [6.45, 7) is 5.56. The molecule has 2 unspecified atom stereocenters. The number of quaternary nitrogens is 1. The standard InChI is InChI=1S/C17H26N2O3/c1-13-5-4-7-19(12-13)8-6-17(20)18-14-9-15(21-2)11-16(10-14)22-3/h9-11,13H,4-8,12H2,1-3H3,(H,18,20)/p+1. The van der Waals surface area contributed by atoms with Crippen LogP contribution in [0.25, 0.3) is 0 Å². The van der Waals surface area contributed by atoms with Gasteiger partial charge in [0, 0.05) is 29.8 Å². The van der Waals surface area contributed by atoms with Crippen molar-refractivity contribution in [1.29, 1.82) is 0 Å². The fourth-order valence-electron chi connectivity index (χ4n) is 3.02. The van der Waals surface area contributed by atoms with E-state index in [0.717, 1.165) is 12.5 Å². The van der Waals surface area contributed by atoms with Gasteiger partial charge >= 0.3 is 0 Å². The molecular weight excluding hydrogens is 280 g/mol. The van der Waals surface area contributed by atoms with Crippen LogP contribution < -0.4 is 19.7 Å². The van der Waals surface area contributed by atoms with Gasteiger partial charge in [-0.25, -0.2) is 0 Å². The number of likely N-dealkylation sites (tertiary alicyclic amines) is 1. The summed E-state index contributed by atoms with van der Waals surface area (Å²) in [7, 11) is 3.20. The molecule has 1 heterocycles. The maximum atomic E-state index is 12.1. The van der Waals surface area contributed by atoms with Crippen LogP contribution in [-0.2, 0) is 4.79 Å². The number of hydrogen-bond acceptors (Lipinski definition) is 3. The van der Waals surface area contributed by atoms with Gasteiger partial charge < -0.3 is 19.7 Å². The highest BCUT2D eigenvalue weighted by molar-refractivity contribution is 5.91. The molecule has 1 aliphatic rings. The molecule has 1 saturated heterocycles. The first-order valence-electron chi connectivity index (χ1n) is 7.97. The highest BCUT2D eigenvalue weighted by atomic mass is 16.5. The second-order valence-electron chi connectivity index (χ2n) is 6.10. The lowest BCUT2D eigenvalue weighted by Gasteiger charge is -2.27. The number of rotatable bonds is 6. The SMILES string of the molecule is COc1cc(NC(=O)CC[NH+]2CCCC(C)C2)cc(OC)c1. The van der Waals surface area contributed by atoms with Crippen molar-refractivity contribution in [2.24, 2.45) is 5.92 Å². The Morgan fingerprint density at radius 3 is 2.55 bits per heavy atom. The quantitative estimate of drug-likeness (QED) is 0.834. The van der Waals surface area contributed by atoms with Crippen molar-refractivity contribution in [3.63, 3.8) is 0 Å². The average Bonchev–Trinajstić information content (AvgIpc) is 2.52. The lowest BCUT2D eigenvalue weighted by atomic mass is 10.0. The minimum Gasteiger partial charge on any atom is -0.497 e. The van der Waals surface area contributed by atoms with E-state index in [1.165, 1.54) is 30.8 Å². The molecule has 0 spiro atoms. The van der Waals surface area contributed by atoms with Crippen molar-refractivity contribution in [3.05, 3.63) is 18.2 Å². The minimum atomic E-state index is 0.0426. The predicted octanol–water partition coefficient (Wildman–Crippen LogP) is 1.35. The molecule has 1 aromatic carbocycles. The fraction of sp³-hybridized carbons (Fsp3) is 0.588. The lowest BCUT2D eigenvalue weighted by Crippen LogP contribution is -3.13. The monoisotopic (exact) mass is 307 g/mol. The predicted molar refractivity (Wildman–Crippen MR) is 86.8 cm³/mol. The Morgan fingerprint density at radius 2 is 1.95 bits per heavy atom. The van der Waals surface area contributed by atoms with Crippen LogP contribution in [0, 0.1) is 5.92 Å². The van der Waals surface area contributed by atoms with E-state index in [1.807, 2.05) is 0 Å². The number of nitrogens with one attached hydrogen (secondary N) is 2. The van der Waals surface area contributed by atoms with E-state index in [-0.39, 0.29) is 5.91 Å². The van der Waals surface area contributed by atoms with Gasteiger partial charge in [0.15, 0.2) is 0 Å². The molecule has 1 aromatic rings. The molecule has 122 valence electrons. The van der Waals surface area contributed by atoms with Crippen molar-refractivity contribution in [2.75, 3.05) is 39.2 Å². The Labute approximate surface area is 132 Å². The molecule has 1 aliphatic heterocycles. The number of methoxy groups -OCH3 is 2. The Morgan fingerprint density at radius 1 is 1.27 bits per heavy atom. The number of ether oxygens (including phenoxy) is 2. The van der Waals surface area contributed by atoms with Crippen LogP contribution in [0.1, 0.15) is 26.2 Å². The van der Waals surface area contributed by atoms with Gasteiger partial charge in [-0.05, 0) is 12.8 Å². The molecule has 0 bridgehead atoms. The Balaban J connectivity index is 1.86. The smallest absolute Gasteiger partial charge is 0.230 e. The molecular formula is C17H27N2O3+. The van der Waals surface area contributed by atoms with E-state index in [2.05, 4.69) is 12.2 Å². The molecule has 0 radical (unpaired) electrons. The number of amides is 1. The molecule has 5 nitrogen and oxygen atoms in total. The number of anilines is 1. The zero-order valence-electron chi connectivity index (χ0n) is 13.8. The first-order valence-corrected chi connectivity index (χ1v) is 7.97. The molecule has 2 rings (SSSR count). The van der Waals surface area contributed by atoms with Crippen molar-refractivity contribution in [1.82, 2.24) is 0 Å². The highest BCUT2D eigenvalue weighted by Gasteiger charge is 2.20. The van der Waals surface area contributed by atoms with Gasteiger partial charge in [-0.2, -0.15) is 0 Å². The van der Waals surface area contributed by atoms with E-state index < -0.39 is 0 Å². The van der Waals surface area contributed by atoms with Crippen LogP contribution in [-0.4, -0.2) is 39.8 Å². The highest BCUT2D eigenvalue weighted by Crippen LogP contribution is 2.25. The number of carbonyl (C=O) groups excluding carboxylic acids is 1. The van der Waals surface area contributed by atoms with Gasteiger partial charge in [-0.1, -0.05) is 6.92 Å². The maximum Gasteiger partial charge on any atom is 0.230 e. The van der Waals surface area contributed by atoms with Gasteiger partial charge in [-0.3, -0.25) is 4.79 Å². The number of hydrogen-bond donors (Lipinski definition) is 2. The fourth-order valence-corrected chi connectivity index (χ4v) is 3.02. The average molecular weight is 307 g/mol. The summed E-state index contributed by atoms with van der Waals surface area (Å²) >= 11 is 0. The summed E-state index contributed by atoms with van der Waals surface area (Å²) < 4.78 is 10.4. The van der Waals surface area contributed by atoms with Gasteiger partial charge in [0.2, 0.25) is 5.91 Å². The second kappa shape index (κ2) is 8.03. The van der Waals surface area contributed by atoms with Crippen molar-refractivity contribution >= 4 is 11.6 Å². The third kappa shape index (κ3) is 4.91. The third-order valence-corrected chi connectivity index (χ3v) is 4.21. The van der Waals surface area contributed by atoms with Gasteiger partial charge in [0.1, 0.15) is 11.5 Å². The summed E-state index contributed by atoms with van der Waals surface area (Å²) in [4.78, 5) is 13.7. The van der Waals surface area contributed by atoms with Crippen molar-refractivity contribution < 1.29 is 19.2 Å². The van der Waals surface area contributed by atoms with Crippen LogP contribution in [0.15, 0.2) is 18.2 Å². The molecule has 2 N–H and O–H groups in total. The van der Waals surface area contributed by atoms with Crippen LogP contribution in [0.4, 0.5) is 5.69 Å². The van der Waals surface area contributed by atoms with Crippen LogP contribution >= 0.6 is 0 Å². The topological polar surface area (TPSA) is 52.0 Å². The van der Waals surface area contributed by atoms with E-state index >= 15 is 0 Å². The molecule has 5 heteroatoms. The van der Waals surface area contributed by atoms with Crippen LogP contribution in [0.5, 0.6) is 11.5 Å². The van der Waals surface area contributed by atoms with Gasteiger partial charge in [-0.15, -0.1) is 0 Å². The maximum absolute atomic E-state index is 12.1. The largest absolute Gasteiger partial charge is 0.497 e. The van der Waals surface area contributed by atoms with Gasteiger partial charge in [0.25, 0.3) is 0 Å². The normalized spacial score (nSPS) is 21.2. The summed E-state index contributed by atoms with van der Waals surface area (Å²) in [5.41, 5.74) is 0.711. The Kier molecular flexibility index (Phi) is 6.07. The Bertz CT molecular complexity index is 482. The molecule has 1 fully saturated rings. The molecule has 22 heavy (non-hydrogen) atoms. The van der Waals surface area contributed by atoms with Crippen molar-refractivity contribution in [3.8, 4) is 11.5 Å². The number of benzene rings is 1. The molecule has 1 amide bonds. The van der Waals surface area contributed by atoms with Crippen LogP contribution in [0.3, 0.4) is 0 Å². The number of piperidine rings is 1. The first kappa shape index (κ1) is 16.6. The van der Waals surface area contributed by atoms with E-state index in [9.17, 15) is 4.79 Å². The zero-order valence-corrected chi connectivity index (χ0v) is 13.8. The molecule has 2 atom stereocenters. The summed E-state index contributed by atoms with van der Waals surface area (Å²) in [6, 6.07) is 5.39. The lowest BCUT2D eigenvalue weighted by molar-refractivity contribution is -0.907. The van der Waals surface area contributed by atoms with E-state index in [1.54, 1.807) is 32.4 Å². The second-order valence-corrected chi connectivity index (χ2v) is 6.10. The Hall–Kier alpha value is -1.75. The van der Waals surface area contributed by atoms with Crippen molar-refractivity contribution in [2.45, 2.75) is 26.2 Å². The zero-order chi connectivity index (χ0) is 15.9. The first-order chi connectivity index (χ1) is 10.6. The molecule has 0 aliphatic carbocycles. The van der Waals surface area contributed by atoms with E-state index in [4.69, 9.17) is 9.47 Å². The summed E-state index contributed by atoms with van der Waals surface area (Å²) in [6.07, 6.45) is 3.13. The van der Waals surface area contributed by atoms with E-state index in [0.29, 0.717) is 23.6 Å². The molecule has 0 aromatic heterocycles. The summed E-state index contributed by atoms with van der Waals surface area (Å²) in [5.74, 6) is 2.16. The molecule has 0 saturated carbocycles.